The third kappa shape index (κ3) is 3.54. The van der Waals surface area contributed by atoms with E-state index in [4.69, 9.17) is 0 Å². The van der Waals surface area contributed by atoms with Crippen LogP contribution in [0.4, 0.5) is 5.69 Å². The maximum atomic E-state index is 2.40. The zero-order chi connectivity index (χ0) is 10.8. The van der Waals surface area contributed by atoms with Gasteiger partial charge in [-0.15, -0.1) is 0 Å². The van der Waals surface area contributed by atoms with Crippen molar-refractivity contribution < 1.29 is 0 Å². The van der Waals surface area contributed by atoms with Crippen LogP contribution in [0.2, 0.25) is 19.6 Å². The standard InChI is InChI=1S/C12H21NSi/c1-11-6-8-12(9-7-11)13(2)10-14(3,4)5/h6-9H,10H2,1-5H3. The summed E-state index contributed by atoms with van der Waals surface area (Å²) in [6.07, 6.45) is 1.22. The maximum absolute atomic E-state index is 2.40. The van der Waals surface area contributed by atoms with Crippen molar-refractivity contribution in [3.8, 4) is 0 Å². The molecule has 0 heterocycles. The van der Waals surface area contributed by atoms with Crippen LogP contribution in [-0.2, 0) is 0 Å². The van der Waals surface area contributed by atoms with Crippen molar-refractivity contribution in [3.05, 3.63) is 29.8 Å². The van der Waals surface area contributed by atoms with Crippen LogP contribution in [0.25, 0.3) is 0 Å². The minimum atomic E-state index is -0.991. The first-order valence-corrected chi connectivity index (χ1v) is 8.87. The Hall–Kier alpha value is -0.763. The van der Waals surface area contributed by atoms with E-state index in [0.717, 1.165) is 0 Å². The van der Waals surface area contributed by atoms with Crippen LogP contribution >= 0.6 is 0 Å². The van der Waals surface area contributed by atoms with Gasteiger partial charge >= 0.3 is 0 Å². The van der Waals surface area contributed by atoms with E-state index in [0.29, 0.717) is 0 Å². The molecule has 0 N–H and O–H groups in total. The van der Waals surface area contributed by atoms with Gasteiger partial charge in [-0.1, -0.05) is 37.3 Å². The normalized spacial score (nSPS) is 11.5. The van der Waals surface area contributed by atoms with E-state index in [-0.39, 0.29) is 0 Å². The summed E-state index contributed by atoms with van der Waals surface area (Å²) in [6, 6.07) is 8.76. The molecular weight excluding hydrogens is 186 g/mol. The van der Waals surface area contributed by atoms with Crippen LogP contribution in [0.1, 0.15) is 5.56 Å². The van der Waals surface area contributed by atoms with Crippen molar-refractivity contribution in [2.45, 2.75) is 26.6 Å². The molecule has 0 saturated carbocycles. The fraction of sp³-hybridized carbons (Fsp3) is 0.500. The first-order chi connectivity index (χ1) is 6.38. The molecule has 0 unspecified atom stereocenters. The van der Waals surface area contributed by atoms with Crippen molar-refractivity contribution in [2.24, 2.45) is 0 Å². The Morgan fingerprint density at radius 3 is 2.00 bits per heavy atom. The number of hydrogen-bond donors (Lipinski definition) is 0. The zero-order valence-electron chi connectivity index (χ0n) is 9.96. The molecule has 0 spiro atoms. The van der Waals surface area contributed by atoms with Crippen molar-refractivity contribution in [1.82, 2.24) is 0 Å². The van der Waals surface area contributed by atoms with Gasteiger partial charge in [0.05, 0.1) is 8.07 Å². The molecule has 1 nitrogen and oxygen atoms in total. The van der Waals surface area contributed by atoms with Crippen molar-refractivity contribution in [3.63, 3.8) is 0 Å². The van der Waals surface area contributed by atoms with Gasteiger partial charge in [-0.3, -0.25) is 0 Å². The minimum Gasteiger partial charge on any atom is -0.378 e. The first kappa shape index (κ1) is 11.3. The molecule has 78 valence electrons. The Kier molecular flexibility index (Phi) is 3.37. The smallest absolute Gasteiger partial charge is 0.0665 e. The molecule has 0 amide bonds. The van der Waals surface area contributed by atoms with E-state index in [1.165, 1.54) is 17.4 Å². The van der Waals surface area contributed by atoms with Crippen LogP contribution in [0, 0.1) is 6.92 Å². The highest BCUT2D eigenvalue weighted by Crippen LogP contribution is 2.15. The topological polar surface area (TPSA) is 3.24 Å². The quantitative estimate of drug-likeness (QED) is 0.687. The first-order valence-electron chi connectivity index (χ1n) is 5.16. The summed E-state index contributed by atoms with van der Waals surface area (Å²) in [7, 11) is 1.19. The molecule has 0 saturated heterocycles. The van der Waals surface area contributed by atoms with E-state index < -0.39 is 8.07 Å². The Morgan fingerprint density at radius 1 is 1.07 bits per heavy atom. The van der Waals surface area contributed by atoms with Crippen LogP contribution < -0.4 is 4.90 Å². The van der Waals surface area contributed by atoms with Gasteiger partial charge < -0.3 is 4.90 Å². The molecule has 0 bridgehead atoms. The monoisotopic (exact) mass is 207 g/mol. The molecule has 2 heteroatoms. The molecule has 0 aliphatic heterocycles. The van der Waals surface area contributed by atoms with Gasteiger partial charge in [0.1, 0.15) is 0 Å². The van der Waals surface area contributed by atoms with Crippen molar-refractivity contribution in [1.29, 1.82) is 0 Å². The van der Waals surface area contributed by atoms with Crippen LogP contribution in [0.5, 0.6) is 0 Å². The van der Waals surface area contributed by atoms with E-state index in [9.17, 15) is 0 Å². The van der Waals surface area contributed by atoms with E-state index in [1.54, 1.807) is 0 Å². The predicted molar refractivity (Wildman–Crippen MR) is 67.8 cm³/mol. The second-order valence-electron chi connectivity index (χ2n) is 5.25. The number of rotatable bonds is 3. The summed E-state index contributed by atoms with van der Waals surface area (Å²) < 4.78 is 0. The third-order valence-corrected chi connectivity index (χ3v) is 3.61. The van der Waals surface area contributed by atoms with Gasteiger partial charge in [-0.05, 0) is 19.1 Å². The van der Waals surface area contributed by atoms with Crippen molar-refractivity contribution in [2.75, 3.05) is 18.1 Å². The van der Waals surface area contributed by atoms with Gasteiger partial charge in [0.15, 0.2) is 0 Å². The lowest BCUT2D eigenvalue weighted by Crippen LogP contribution is -2.37. The summed E-state index contributed by atoms with van der Waals surface area (Å²) in [5.74, 6) is 0. The highest BCUT2D eigenvalue weighted by Gasteiger charge is 2.15. The molecule has 1 aromatic carbocycles. The number of anilines is 1. The van der Waals surface area contributed by atoms with Crippen LogP contribution in [-0.4, -0.2) is 21.3 Å². The highest BCUT2D eigenvalue weighted by molar-refractivity contribution is 6.76. The highest BCUT2D eigenvalue weighted by atomic mass is 28.3. The number of hydrogen-bond acceptors (Lipinski definition) is 1. The molecule has 0 radical (unpaired) electrons. The molecule has 14 heavy (non-hydrogen) atoms. The summed E-state index contributed by atoms with van der Waals surface area (Å²) in [4.78, 5) is 2.37. The largest absolute Gasteiger partial charge is 0.378 e. The average Bonchev–Trinajstić information content (AvgIpc) is 2.02. The summed E-state index contributed by atoms with van der Waals surface area (Å²) in [5, 5.41) is 0. The molecule has 0 aromatic heterocycles. The molecule has 0 fully saturated rings. The maximum Gasteiger partial charge on any atom is 0.0665 e. The van der Waals surface area contributed by atoms with Crippen LogP contribution in [0.15, 0.2) is 24.3 Å². The lowest BCUT2D eigenvalue weighted by Gasteiger charge is -2.27. The van der Waals surface area contributed by atoms with E-state index in [1.807, 2.05) is 0 Å². The van der Waals surface area contributed by atoms with Gasteiger partial charge in [0.25, 0.3) is 0 Å². The Labute approximate surface area is 88.8 Å². The summed E-state index contributed by atoms with van der Waals surface area (Å²) >= 11 is 0. The van der Waals surface area contributed by atoms with Gasteiger partial charge in [0.2, 0.25) is 0 Å². The molecule has 1 aromatic rings. The van der Waals surface area contributed by atoms with Crippen molar-refractivity contribution >= 4 is 13.8 Å². The van der Waals surface area contributed by atoms with Gasteiger partial charge in [0, 0.05) is 18.9 Å². The number of nitrogens with zero attached hydrogens (tertiary/aromatic N) is 1. The fourth-order valence-corrected chi connectivity index (χ4v) is 3.21. The van der Waals surface area contributed by atoms with Gasteiger partial charge in [-0.25, -0.2) is 0 Å². The summed E-state index contributed by atoms with van der Waals surface area (Å²) in [5.41, 5.74) is 2.66. The predicted octanol–water partition coefficient (Wildman–Crippen LogP) is 3.31. The lowest BCUT2D eigenvalue weighted by molar-refractivity contribution is 1.06. The van der Waals surface area contributed by atoms with Gasteiger partial charge in [-0.2, -0.15) is 0 Å². The second kappa shape index (κ2) is 4.18. The fourth-order valence-electron chi connectivity index (χ4n) is 1.60. The molecule has 0 atom stereocenters. The lowest BCUT2D eigenvalue weighted by atomic mass is 10.2. The van der Waals surface area contributed by atoms with Crippen LogP contribution in [0.3, 0.4) is 0 Å². The average molecular weight is 207 g/mol. The Bertz CT molecular complexity index is 284. The Morgan fingerprint density at radius 2 is 1.57 bits per heavy atom. The van der Waals surface area contributed by atoms with E-state index in [2.05, 4.69) is 62.8 Å². The molecule has 0 aliphatic carbocycles. The van der Waals surface area contributed by atoms with E-state index >= 15 is 0 Å². The number of aryl methyl sites for hydroxylation is 1. The zero-order valence-corrected chi connectivity index (χ0v) is 11.0. The minimum absolute atomic E-state index is 0.991. The molecule has 0 aliphatic rings. The third-order valence-electron chi connectivity index (χ3n) is 2.19. The number of benzene rings is 1. The molecule has 1 rings (SSSR count). The molecular formula is C12H21NSi. The SMILES string of the molecule is Cc1ccc(N(C)C[Si](C)(C)C)cc1. The summed E-state index contributed by atoms with van der Waals surface area (Å²) in [6.45, 7) is 9.33. The second-order valence-corrected chi connectivity index (χ2v) is 10.7. The Balaban J connectivity index is 2.70.